The summed E-state index contributed by atoms with van der Waals surface area (Å²) in [5.41, 5.74) is 1.72. The van der Waals surface area contributed by atoms with Crippen molar-refractivity contribution >= 4 is 40.5 Å². The van der Waals surface area contributed by atoms with Crippen molar-refractivity contribution in [1.82, 2.24) is 5.32 Å². The highest BCUT2D eigenvalue weighted by atomic mass is 32.1. The summed E-state index contributed by atoms with van der Waals surface area (Å²) in [5.74, 6) is 0.144. The highest BCUT2D eigenvalue weighted by molar-refractivity contribution is 7.80. The van der Waals surface area contributed by atoms with Gasteiger partial charge in [-0.25, -0.2) is 0 Å². The predicted molar refractivity (Wildman–Crippen MR) is 117 cm³/mol. The molecular formula is C21H25N3O4S. The lowest BCUT2D eigenvalue weighted by Crippen LogP contribution is -2.34. The van der Waals surface area contributed by atoms with Gasteiger partial charge in [0.2, 0.25) is 5.91 Å². The number of rotatable bonds is 9. The van der Waals surface area contributed by atoms with Crippen molar-refractivity contribution in [3.8, 4) is 5.75 Å². The quantitative estimate of drug-likeness (QED) is 0.429. The summed E-state index contributed by atoms with van der Waals surface area (Å²) in [6.07, 6.45) is 0.389. The van der Waals surface area contributed by atoms with E-state index < -0.39 is 0 Å². The van der Waals surface area contributed by atoms with Crippen LogP contribution in [0.5, 0.6) is 5.75 Å². The molecule has 7 nitrogen and oxygen atoms in total. The topological polar surface area (TPSA) is 88.7 Å². The Labute approximate surface area is 175 Å². The second kappa shape index (κ2) is 11.8. The molecule has 2 aromatic rings. The van der Waals surface area contributed by atoms with Crippen molar-refractivity contribution in [3.05, 3.63) is 54.1 Å². The fourth-order valence-electron chi connectivity index (χ4n) is 2.35. The summed E-state index contributed by atoms with van der Waals surface area (Å²) in [6.45, 7) is 5.22. The average Bonchev–Trinajstić information content (AvgIpc) is 2.71. The zero-order valence-electron chi connectivity index (χ0n) is 16.5. The van der Waals surface area contributed by atoms with E-state index in [1.807, 2.05) is 6.92 Å². The summed E-state index contributed by atoms with van der Waals surface area (Å²) in [6, 6.07) is 13.9. The molecule has 0 atom stereocenters. The number of hydrogen-bond acceptors (Lipinski definition) is 5. The van der Waals surface area contributed by atoms with E-state index in [1.165, 1.54) is 0 Å². The number of thiocarbonyl (C=S) groups is 1. The maximum absolute atomic E-state index is 12.4. The first-order chi connectivity index (χ1) is 14.0. The number of carbonyl (C=O) groups excluding carboxylic acids is 2. The van der Waals surface area contributed by atoms with Gasteiger partial charge in [0.15, 0.2) is 5.11 Å². The summed E-state index contributed by atoms with van der Waals surface area (Å²) < 4.78 is 10.8. The van der Waals surface area contributed by atoms with Crippen LogP contribution in [0.3, 0.4) is 0 Å². The van der Waals surface area contributed by atoms with Crippen LogP contribution in [0.4, 0.5) is 11.4 Å². The van der Waals surface area contributed by atoms with Gasteiger partial charge in [-0.05, 0) is 55.5 Å². The lowest BCUT2D eigenvalue weighted by Gasteiger charge is -2.12. The molecule has 0 spiro atoms. The molecule has 0 saturated heterocycles. The zero-order chi connectivity index (χ0) is 21.1. The van der Waals surface area contributed by atoms with Crippen molar-refractivity contribution in [2.24, 2.45) is 0 Å². The standard InChI is InChI=1S/C21H25N3O4S/c1-3-19(25)22-16-8-6-9-17(14-16)23-21(29)24-20(26)15-7-5-10-18(13-15)28-12-11-27-4-2/h5-10,13-14H,3-4,11-12H2,1-2H3,(H,22,25)(H2,23,24,26,29). The highest BCUT2D eigenvalue weighted by Gasteiger charge is 2.10. The van der Waals surface area contributed by atoms with E-state index in [4.69, 9.17) is 21.7 Å². The first-order valence-electron chi connectivity index (χ1n) is 9.34. The van der Waals surface area contributed by atoms with E-state index >= 15 is 0 Å². The number of benzene rings is 2. The molecule has 2 rings (SSSR count). The van der Waals surface area contributed by atoms with Crippen LogP contribution < -0.4 is 20.7 Å². The third-order valence-corrected chi connectivity index (χ3v) is 3.95. The summed E-state index contributed by atoms with van der Waals surface area (Å²) in [4.78, 5) is 24.0. The van der Waals surface area contributed by atoms with Gasteiger partial charge in [-0.3, -0.25) is 14.9 Å². The third-order valence-electron chi connectivity index (χ3n) is 3.75. The van der Waals surface area contributed by atoms with Crippen molar-refractivity contribution in [1.29, 1.82) is 0 Å². The normalized spacial score (nSPS) is 10.1. The van der Waals surface area contributed by atoms with Gasteiger partial charge in [-0.2, -0.15) is 0 Å². The smallest absolute Gasteiger partial charge is 0.257 e. The van der Waals surface area contributed by atoms with E-state index in [0.29, 0.717) is 48.9 Å². The van der Waals surface area contributed by atoms with E-state index in [2.05, 4.69) is 16.0 Å². The van der Waals surface area contributed by atoms with Gasteiger partial charge in [0.25, 0.3) is 5.91 Å². The number of hydrogen-bond donors (Lipinski definition) is 3. The van der Waals surface area contributed by atoms with Crippen LogP contribution in [0.2, 0.25) is 0 Å². The fraction of sp³-hybridized carbons (Fsp3) is 0.286. The Bertz CT molecular complexity index is 857. The Hall–Kier alpha value is -2.97. The number of carbonyl (C=O) groups is 2. The molecule has 2 aromatic carbocycles. The minimum absolute atomic E-state index is 0.0820. The molecule has 0 aliphatic heterocycles. The number of anilines is 2. The first-order valence-corrected chi connectivity index (χ1v) is 9.75. The van der Waals surface area contributed by atoms with Gasteiger partial charge in [0.05, 0.1) is 6.61 Å². The van der Waals surface area contributed by atoms with E-state index in [9.17, 15) is 9.59 Å². The third kappa shape index (κ3) is 7.89. The van der Waals surface area contributed by atoms with E-state index in [0.717, 1.165) is 0 Å². The molecule has 0 radical (unpaired) electrons. The summed E-state index contributed by atoms with van der Waals surface area (Å²) in [5, 5.41) is 8.49. The SMILES string of the molecule is CCOCCOc1cccc(C(=O)NC(=S)Nc2cccc(NC(=O)CC)c2)c1. The van der Waals surface area contributed by atoms with Crippen LogP contribution in [0, 0.1) is 0 Å². The van der Waals surface area contributed by atoms with Crippen molar-refractivity contribution in [2.45, 2.75) is 20.3 Å². The molecular weight excluding hydrogens is 390 g/mol. The van der Waals surface area contributed by atoms with Crippen molar-refractivity contribution in [3.63, 3.8) is 0 Å². The molecule has 3 N–H and O–H groups in total. The molecule has 29 heavy (non-hydrogen) atoms. The van der Waals surface area contributed by atoms with Crippen LogP contribution in [-0.2, 0) is 9.53 Å². The number of amides is 2. The van der Waals surface area contributed by atoms with Crippen molar-refractivity contribution in [2.75, 3.05) is 30.5 Å². The maximum Gasteiger partial charge on any atom is 0.257 e. The minimum atomic E-state index is -0.354. The zero-order valence-corrected chi connectivity index (χ0v) is 17.3. The van der Waals surface area contributed by atoms with Gasteiger partial charge >= 0.3 is 0 Å². The molecule has 0 fully saturated rings. The molecule has 0 heterocycles. The molecule has 0 aromatic heterocycles. The van der Waals surface area contributed by atoms with Crippen LogP contribution in [-0.4, -0.2) is 36.7 Å². The highest BCUT2D eigenvalue weighted by Crippen LogP contribution is 2.16. The fourth-order valence-corrected chi connectivity index (χ4v) is 2.56. The second-order valence-electron chi connectivity index (χ2n) is 5.96. The van der Waals surface area contributed by atoms with Crippen molar-refractivity contribution < 1.29 is 19.1 Å². The molecule has 0 saturated carbocycles. The van der Waals surface area contributed by atoms with Gasteiger partial charge < -0.3 is 20.1 Å². The van der Waals surface area contributed by atoms with Gasteiger partial charge in [-0.1, -0.05) is 19.1 Å². The van der Waals surface area contributed by atoms with Gasteiger partial charge in [0.1, 0.15) is 12.4 Å². The van der Waals surface area contributed by atoms with E-state index in [1.54, 1.807) is 55.5 Å². The Kier molecular flexibility index (Phi) is 9.07. The maximum atomic E-state index is 12.4. The second-order valence-corrected chi connectivity index (χ2v) is 6.37. The Balaban J connectivity index is 1.91. The molecule has 0 bridgehead atoms. The monoisotopic (exact) mass is 415 g/mol. The first kappa shape index (κ1) is 22.3. The van der Waals surface area contributed by atoms with Crippen LogP contribution >= 0.6 is 12.2 Å². The predicted octanol–water partition coefficient (Wildman–Crippen LogP) is 3.58. The number of nitrogens with one attached hydrogen (secondary N) is 3. The van der Waals surface area contributed by atoms with Crippen LogP contribution in [0.1, 0.15) is 30.6 Å². The minimum Gasteiger partial charge on any atom is -0.491 e. The van der Waals surface area contributed by atoms with Gasteiger partial charge in [-0.15, -0.1) is 0 Å². The Morgan fingerprint density at radius 3 is 2.41 bits per heavy atom. The number of ether oxygens (including phenoxy) is 2. The molecule has 8 heteroatoms. The molecule has 2 amide bonds. The summed E-state index contributed by atoms with van der Waals surface area (Å²) >= 11 is 5.22. The lowest BCUT2D eigenvalue weighted by atomic mass is 10.2. The molecule has 0 aliphatic carbocycles. The molecule has 0 aliphatic rings. The Morgan fingerprint density at radius 1 is 0.966 bits per heavy atom. The molecule has 0 unspecified atom stereocenters. The largest absolute Gasteiger partial charge is 0.491 e. The van der Waals surface area contributed by atoms with Gasteiger partial charge in [0, 0.05) is 30.0 Å². The van der Waals surface area contributed by atoms with Crippen LogP contribution in [0.25, 0.3) is 0 Å². The molecule has 154 valence electrons. The lowest BCUT2D eigenvalue weighted by molar-refractivity contribution is -0.115. The summed E-state index contributed by atoms with van der Waals surface area (Å²) in [7, 11) is 0. The Morgan fingerprint density at radius 2 is 1.69 bits per heavy atom. The van der Waals surface area contributed by atoms with E-state index in [-0.39, 0.29) is 16.9 Å². The average molecular weight is 416 g/mol. The van der Waals surface area contributed by atoms with Crippen LogP contribution in [0.15, 0.2) is 48.5 Å².